The molecule has 0 aliphatic carbocycles. The zero-order valence-corrected chi connectivity index (χ0v) is 30.5. The van der Waals surface area contributed by atoms with Gasteiger partial charge in [0.15, 0.2) is 11.6 Å². The number of hydrogen-bond acceptors (Lipinski definition) is 10. The van der Waals surface area contributed by atoms with Crippen LogP contribution in [0, 0.1) is 11.6 Å². The van der Waals surface area contributed by atoms with E-state index in [0.717, 1.165) is 6.26 Å². The molecule has 2 aromatic heterocycles. The lowest BCUT2D eigenvalue weighted by Gasteiger charge is -2.10. The summed E-state index contributed by atoms with van der Waals surface area (Å²) in [5, 5.41) is 9.44. The summed E-state index contributed by atoms with van der Waals surface area (Å²) in [5.74, 6) is 0.579. The Morgan fingerprint density at radius 3 is 1.71 bits per heavy atom. The van der Waals surface area contributed by atoms with Crippen molar-refractivity contribution >= 4 is 84.9 Å². The predicted molar refractivity (Wildman–Crippen MR) is 179 cm³/mol. The van der Waals surface area contributed by atoms with Crippen LogP contribution in [-0.2, 0) is 32.5 Å². The Bertz CT molecular complexity index is 1850. The maximum absolute atomic E-state index is 14.0. The quantitative estimate of drug-likeness (QED) is 0.148. The first-order chi connectivity index (χ1) is 21.0. The van der Waals surface area contributed by atoms with Gasteiger partial charge >= 0.3 is 0 Å². The Hall–Kier alpha value is -2.11. The molecule has 2 heterocycles. The molecule has 0 radical (unpaired) electrons. The highest BCUT2D eigenvalue weighted by Gasteiger charge is 2.14. The predicted octanol–water partition coefficient (Wildman–Crippen LogP) is 6.07. The lowest BCUT2D eigenvalue weighted by molar-refractivity contribution is 0.295. The molecule has 0 fully saturated rings. The number of halogens is 5. The molecule has 45 heavy (non-hydrogen) atoms. The van der Waals surface area contributed by atoms with E-state index in [0.29, 0.717) is 57.0 Å². The average Bonchev–Trinajstić information content (AvgIpc) is 2.94. The number of benzene rings is 2. The van der Waals surface area contributed by atoms with Gasteiger partial charge in [0.25, 0.3) is 0 Å². The molecule has 2 aromatic carbocycles. The molecule has 4 aromatic rings. The van der Waals surface area contributed by atoms with E-state index >= 15 is 0 Å². The number of fused-ring (bicyclic) bond motifs is 2. The molecule has 0 bridgehead atoms. The van der Waals surface area contributed by atoms with Gasteiger partial charge in [0, 0.05) is 46.3 Å². The van der Waals surface area contributed by atoms with Crippen LogP contribution in [0.1, 0.15) is 38.3 Å². The molecule has 0 unspecified atom stereocenters. The van der Waals surface area contributed by atoms with E-state index in [1.165, 1.54) is 18.4 Å². The Morgan fingerprint density at radius 2 is 1.24 bits per heavy atom. The largest absolute Gasteiger partial charge is 0.477 e. The van der Waals surface area contributed by atoms with Crippen LogP contribution in [0.4, 0.5) is 8.78 Å². The van der Waals surface area contributed by atoms with E-state index in [2.05, 4.69) is 51.8 Å². The molecule has 0 spiro atoms. The van der Waals surface area contributed by atoms with E-state index in [-0.39, 0.29) is 46.8 Å². The van der Waals surface area contributed by atoms with E-state index in [4.69, 9.17) is 21.4 Å². The molecule has 0 aliphatic heterocycles. The van der Waals surface area contributed by atoms with E-state index in [1.807, 2.05) is 13.8 Å². The normalized spacial score (nSPS) is 11.5. The molecular formula is C28H33Br2ClF2N4O6S2. The SMILES string of the molecule is CCc1nc(Cl)c2cc(Br)cc(F)c2n1.CCc1nc(OCCCS(C)(=O)=O)c2cc(Br)cc(F)c2n1.CS(=O)(=O)CCCO. The Morgan fingerprint density at radius 1 is 0.778 bits per heavy atom. The van der Waals surface area contributed by atoms with E-state index < -0.39 is 31.3 Å². The minimum atomic E-state index is -3.03. The first-order valence-corrected chi connectivity index (χ1v) is 19.6. The van der Waals surface area contributed by atoms with Gasteiger partial charge in [-0.3, -0.25) is 0 Å². The molecule has 4 rings (SSSR count). The second kappa shape index (κ2) is 17.7. The van der Waals surface area contributed by atoms with Gasteiger partial charge in [-0.25, -0.2) is 40.6 Å². The summed E-state index contributed by atoms with van der Waals surface area (Å²) in [6.07, 6.45) is 4.20. The number of aromatic nitrogens is 4. The molecule has 248 valence electrons. The van der Waals surface area contributed by atoms with Crippen LogP contribution in [0.25, 0.3) is 21.8 Å². The minimum Gasteiger partial charge on any atom is -0.477 e. The molecule has 0 amide bonds. The number of hydrogen-bond donors (Lipinski definition) is 1. The van der Waals surface area contributed by atoms with Crippen molar-refractivity contribution in [3.8, 4) is 5.88 Å². The second-order valence-electron chi connectivity index (χ2n) is 9.69. The van der Waals surface area contributed by atoms with Crippen molar-refractivity contribution in [1.82, 2.24) is 19.9 Å². The van der Waals surface area contributed by atoms with Crippen LogP contribution in [0.5, 0.6) is 5.88 Å². The van der Waals surface area contributed by atoms with Crippen LogP contribution in [0.3, 0.4) is 0 Å². The van der Waals surface area contributed by atoms with Crippen molar-refractivity contribution < 1.29 is 35.5 Å². The summed E-state index contributed by atoms with van der Waals surface area (Å²) in [7, 11) is -5.87. The van der Waals surface area contributed by atoms with Crippen molar-refractivity contribution in [2.75, 3.05) is 37.2 Å². The second-order valence-corrected chi connectivity index (χ2v) is 16.4. The Labute approximate surface area is 283 Å². The molecule has 0 aliphatic rings. The Kier molecular flexibility index (Phi) is 15.4. The fourth-order valence-corrected chi connectivity index (χ4v) is 5.98. The van der Waals surface area contributed by atoms with Gasteiger partial charge in [-0.2, -0.15) is 4.98 Å². The van der Waals surface area contributed by atoms with Gasteiger partial charge in [0.05, 0.1) is 23.5 Å². The number of rotatable bonds is 10. The summed E-state index contributed by atoms with van der Waals surface area (Å²) in [6.45, 7) is 3.91. The van der Waals surface area contributed by atoms with Crippen LogP contribution in [-0.4, -0.2) is 79.1 Å². The fraction of sp³-hybridized carbons (Fsp3) is 0.429. The zero-order chi connectivity index (χ0) is 33.9. The molecule has 1 N–H and O–H groups in total. The van der Waals surface area contributed by atoms with Gasteiger partial charge < -0.3 is 9.84 Å². The molecule has 10 nitrogen and oxygen atoms in total. The average molecular weight is 819 g/mol. The van der Waals surface area contributed by atoms with Gasteiger partial charge in [0.1, 0.15) is 47.5 Å². The Balaban J connectivity index is 0.000000264. The standard InChI is InChI=1S/C14H16BrFN2O3S.C10H7BrClFN2.C4H10O3S/c1-3-12-17-13-10(7-9(15)8-11(13)16)14(18-12)21-5-4-6-22(2,19)20;1-2-8-14-9-6(10(12)15-8)3-5(11)4-7(9)13;1-8(6,7)4-2-3-5/h7-8H,3-6H2,1-2H3;3-4H,2H2,1H3;5H,2-4H2,1H3. The summed E-state index contributed by atoms with van der Waals surface area (Å²) in [5.41, 5.74) is 0.475. The third-order valence-corrected chi connectivity index (χ3v) is 8.92. The number of sulfone groups is 2. The van der Waals surface area contributed by atoms with Crippen LogP contribution in [0.2, 0.25) is 5.15 Å². The maximum atomic E-state index is 14.0. The topological polar surface area (TPSA) is 149 Å². The van der Waals surface area contributed by atoms with Crippen LogP contribution in [0.15, 0.2) is 33.2 Å². The molecule has 17 heteroatoms. The summed E-state index contributed by atoms with van der Waals surface area (Å²) in [4.78, 5) is 16.6. The highest BCUT2D eigenvalue weighted by atomic mass is 79.9. The lowest BCUT2D eigenvalue weighted by atomic mass is 10.2. The number of ether oxygens (including phenoxy) is 1. The monoisotopic (exact) mass is 816 g/mol. The first-order valence-electron chi connectivity index (χ1n) is 13.5. The lowest BCUT2D eigenvalue weighted by Crippen LogP contribution is -2.09. The summed E-state index contributed by atoms with van der Waals surface area (Å²) < 4.78 is 77.1. The smallest absolute Gasteiger partial charge is 0.224 e. The summed E-state index contributed by atoms with van der Waals surface area (Å²) >= 11 is 12.4. The maximum Gasteiger partial charge on any atom is 0.224 e. The van der Waals surface area contributed by atoms with Gasteiger partial charge in [-0.15, -0.1) is 0 Å². The first kappa shape index (κ1) is 39.1. The van der Waals surface area contributed by atoms with Gasteiger partial charge in [0.2, 0.25) is 5.88 Å². The fourth-order valence-electron chi connectivity index (χ4n) is 3.58. The number of aliphatic hydroxyl groups is 1. The number of aryl methyl sites for hydroxylation is 2. The van der Waals surface area contributed by atoms with Crippen molar-refractivity contribution in [3.05, 3.63) is 61.6 Å². The van der Waals surface area contributed by atoms with Gasteiger partial charge in [-0.05, 0) is 37.1 Å². The molecule has 0 saturated heterocycles. The van der Waals surface area contributed by atoms with Crippen LogP contribution >= 0.6 is 43.5 Å². The third kappa shape index (κ3) is 13.3. The van der Waals surface area contributed by atoms with Crippen molar-refractivity contribution in [1.29, 1.82) is 0 Å². The zero-order valence-electron chi connectivity index (χ0n) is 24.9. The van der Waals surface area contributed by atoms with Crippen LogP contribution < -0.4 is 4.74 Å². The van der Waals surface area contributed by atoms with Gasteiger partial charge in [-0.1, -0.05) is 57.3 Å². The molecule has 0 saturated carbocycles. The highest BCUT2D eigenvalue weighted by molar-refractivity contribution is 9.10. The van der Waals surface area contributed by atoms with Crippen molar-refractivity contribution in [2.45, 2.75) is 39.5 Å². The molecular weight excluding hydrogens is 786 g/mol. The minimum absolute atomic E-state index is 0.0364. The highest BCUT2D eigenvalue weighted by Crippen LogP contribution is 2.29. The summed E-state index contributed by atoms with van der Waals surface area (Å²) in [6, 6.07) is 6.09. The number of aliphatic hydroxyl groups excluding tert-OH is 1. The van der Waals surface area contributed by atoms with E-state index in [9.17, 15) is 25.6 Å². The van der Waals surface area contributed by atoms with E-state index in [1.54, 1.807) is 12.1 Å². The molecule has 0 atom stereocenters. The van der Waals surface area contributed by atoms with Crippen molar-refractivity contribution in [2.24, 2.45) is 0 Å². The number of nitrogens with zero attached hydrogens (tertiary/aromatic N) is 4. The third-order valence-electron chi connectivity index (χ3n) is 5.65. The van der Waals surface area contributed by atoms with Crippen molar-refractivity contribution in [3.63, 3.8) is 0 Å².